The van der Waals surface area contributed by atoms with Crippen LogP contribution in [0.15, 0.2) is 18.5 Å². The number of halogens is 3. The standard InChI is InChI=1S/C10H9F3N2O3/c11-10(12,13)9(18)15-7-3-6(4-14-5-7)1-2-8(16)17/h3-5H,1-2H2,(H,15,18)(H,16,17). The number of carbonyl (C=O) groups excluding carboxylic acids is 1. The maximum absolute atomic E-state index is 12.0. The molecule has 1 aromatic rings. The number of carboxylic acid groups (broad SMARTS) is 1. The van der Waals surface area contributed by atoms with Crippen molar-refractivity contribution in [1.82, 2.24) is 4.98 Å². The molecule has 0 unspecified atom stereocenters. The predicted octanol–water partition coefficient (Wildman–Crippen LogP) is 1.60. The minimum Gasteiger partial charge on any atom is -0.481 e. The van der Waals surface area contributed by atoms with E-state index in [0.717, 1.165) is 6.20 Å². The molecule has 0 radical (unpaired) electrons. The van der Waals surface area contributed by atoms with Crippen LogP contribution in [-0.2, 0) is 16.0 Å². The van der Waals surface area contributed by atoms with Crippen molar-refractivity contribution in [2.45, 2.75) is 19.0 Å². The highest BCUT2D eigenvalue weighted by atomic mass is 19.4. The molecule has 1 rings (SSSR count). The van der Waals surface area contributed by atoms with E-state index in [2.05, 4.69) is 4.98 Å². The number of anilines is 1. The lowest BCUT2D eigenvalue weighted by Crippen LogP contribution is -2.30. The zero-order chi connectivity index (χ0) is 13.8. The fraction of sp³-hybridized carbons (Fsp3) is 0.300. The number of alkyl halides is 3. The lowest BCUT2D eigenvalue weighted by atomic mass is 10.1. The predicted molar refractivity (Wildman–Crippen MR) is 54.9 cm³/mol. The summed E-state index contributed by atoms with van der Waals surface area (Å²) in [7, 11) is 0. The third kappa shape index (κ3) is 4.40. The number of amides is 1. The van der Waals surface area contributed by atoms with Gasteiger partial charge in [-0.3, -0.25) is 14.6 Å². The van der Waals surface area contributed by atoms with Crippen LogP contribution in [0.25, 0.3) is 0 Å². The summed E-state index contributed by atoms with van der Waals surface area (Å²) in [5, 5.41) is 10.1. The van der Waals surface area contributed by atoms with Crippen molar-refractivity contribution in [2.75, 3.05) is 5.32 Å². The zero-order valence-corrected chi connectivity index (χ0v) is 8.99. The lowest BCUT2D eigenvalue weighted by Gasteiger charge is -2.08. The maximum atomic E-state index is 12.0. The minimum absolute atomic E-state index is 0.123. The molecule has 8 heteroatoms. The van der Waals surface area contributed by atoms with Gasteiger partial charge in [0.2, 0.25) is 0 Å². The Morgan fingerprint density at radius 1 is 1.33 bits per heavy atom. The molecule has 1 heterocycles. The van der Waals surface area contributed by atoms with E-state index in [9.17, 15) is 22.8 Å². The molecule has 18 heavy (non-hydrogen) atoms. The van der Waals surface area contributed by atoms with Gasteiger partial charge >= 0.3 is 18.1 Å². The van der Waals surface area contributed by atoms with Crippen molar-refractivity contribution >= 4 is 17.6 Å². The van der Waals surface area contributed by atoms with Gasteiger partial charge in [-0.05, 0) is 18.1 Å². The second-order valence-corrected chi connectivity index (χ2v) is 3.43. The van der Waals surface area contributed by atoms with Crippen LogP contribution in [0.3, 0.4) is 0 Å². The molecule has 0 aromatic carbocycles. The number of nitrogens with zero attached hydrogens (tertiary/aromatic N) is 1. The highest BCUT2D eigenvalue weighted by molar-refractivity contribution is 5.94. The SMILES string of the molecule is O=C(O)CCc1cncc(NC(=O)C(F)(F)F)c1. The first-order valence-electron chi connectivity index (χ1n) is 4.83. The number of nitrogens with one attached hydrogen (secondary N) is 1. The lowest BCUT2D eigenvalue weighted by molar-refractivity contribution is -0.167. The second kappa shape index (κ2) is 5.48. The van der Waals surface area contributed by atoms with Crippen molar-refractivity contribution in [2.24, 2.45) is 0 Å². The molecular formula is C10H9F3N2O3. The van der Waals surface area contributed by atoms with E-state index in [1.54, 1.807) is 5.32 Å². The molecule has 0 spiro atoms. The summed E-state index contributed by atoms with van der Waals surface area (Å²) in [5.41, 5.74) is 0.303. The van der Waals surface area contributed by atoms with Crippen LogP contribution >= 0.6 is 0 Å². The Labute approximate surface area is 99.6 Å². The Kier molecular flexibility index (Phi) is 4.24. The molecule has 0 saturated heterocycles. The fourth-order valence-corrected chi connectivity index (χ4v) is 1.15. The van der Waals surface area contributed by atoms with Crippen molar-refractivity contribution in [3.05, 3.63) is 24.0 Å². The van der Waals surface area contributed by atoms with Gasteiger partial charge in [0.15, 0.2) is 0 Å². The molecule has 0 saturated carbocycles. The van der Waals surface area contributed by atoms with E-state index in [1.807, 2.05) is 0 Å². The largest absolute Gasteiger partial charge is 0.481 e. The third-order valence-electron chi connectivity index (χ3n) is 1.94. The van der Waals surface area contributed by atoms with Crippen LogP contribution < -0.4 is 5.32 Å². The van der Waals surface area contributed by atoms with Crippen molar-refractivity contribution < 1.29 is 27.9 Å². The first-order valence-corrected chi connectivity index (χ1v) is 4.83. The first kappa shape index (κ1) is 13.9. The van der Waals surface area contributed by atoms with Crippen LogP contribution in [-0.4, -0.2) is 28.1 Å². The molecule has 0 aliphatic rings. The third-order valence-corrected chi connectivity index (χ3v) is 1.94. The van der Waals surface area contributed by atoms with Crippen LogP contribution in [0.4, 0.5) is 18.9 Å². The number of carbonyl (C=O) groups is 2. The average Bonchev–Trinajstić information content (AvgIpc) is 2.25. The summed E-state index contributed by atoms with van der Waals surface area (Å²) in [4.78, 5) is 24.6. The quantitative estimate of drug-likeness (QED) is 0.863. The van der Waals surface area contributed by atoms with Gasteiger partial charge in [0.25, 0.3) is 0 Å². The first-order chi connectivity index (χ1) is 8.29. The summed E-state index contributed by atoms with van der Waals surface area (Å²) in [6, 6.07) is 1.25. The number of carboxylic acids is 1. The number of pyridine rings is 1. The molecule has 1 amide bonds. The molecule has 1 aromatic heterocycles. The van der Waals surface area contributed by atoms with Gasteiger partial charge in [0.1, 0.15) is 0 Å². The zero-order valence-electron chi connectivity index (χ0n) is 8.99. The molecule has 5 nitrogen and oxygen atoms in total. The van der Waals surface area contributed by atoms with Crippen LogP contribution in [0.5, 0.6) is 0 Å². The van der Waals surface area contributed by atoms with Gasteiger partial charge in [-0.25, -0.2) is 0 Å². The number of aromatic nitrogens is 1. The van der Waals surface area contributed by atoms with Gasteiger partial charge in [-0.2, -0.15) is 13.2 Å². The summed E-state index contributed by atoms with van der Waals surface area (Å²) in [6.07, 6.45) is -2.65. The Balaban J connectivity index is 2.70. The Bertz CT molecular complexity index is 460. The topological polar surface area (TPSA) is 79.3 Å². The highest BCUT2D eigenvalue weighted by Gasteiger charge is 2.38. The monoisotopic (exact) mass is 262 g/mol. The number of aryl methyl sites for hydroxylation is 1. The summed E-state index contributed by atoms with van der Waals surface area (Å²) in [5.74, 6) is -3.13. The van der Waals surface area contributed by atoms with Gasteiger partial charge in [-0.1, -0.05) is 0 Å². The normalized spacial score (nSPS) is 11.1. The van der Waals surface area contributed by atoms with Crippen molar-refractivity contribution in [3.8, 4) is 0 Å². The number of rotatable bonds is 4. The van der Waals surface area contributed by atoms with E-state index in [1.165, 1.54) is 12.3 Å². The van der Waals surface area contributed by atoms with E-state index < -0.39 is 18.1 Å². The van der Waals surface area contributed by atoms with Crippen LogP contribution in [0, 0.1) is 0 Å². The summed E-state index contributed by atoms with van der Waals surface area (Å²) in [6.45, 7) is 0. The smallest absolute Gasteiger partial charge is 0.471 e. The molecule has 0 bridgehead atoms. The van der Waals surface area contributed by atoms with Gasteiger partial charge in [-0.15, -0.1) is 0 Å². The van der Waals surface area contributed by atoms with E-state index in [0.29, 0.717) is 5.56 Å². The Morgan fingerprint density at radius 3 is 2.56 bits per heavy atom. The van der Waals surface area contributed by atoms with Crippen molar-refractivity contribution in [1.29, 1.82) is 0 Å². The van der Waals surface area contributed by atoms with E-state index in [-0.39, 0.29) is 18.5 Å². The fourth-order valence-electron chi connectivity index (χ4n) is 1.15. The van der Waals surface area contributed by atoms with E-state index >= 15 is 0 Å². The molecule has 0 atom stereocenters. The molecular weight excluding hydrogens is 253 g/mol. The van der Waals surface area contributed by atoms with E-state index in [4.69, 9.17) is 5.11 Å². The number of aliphatic carboxylic acids is 1. The van der Waals surface area contributed by atoms with Crippen LogP contribution in [0.1, 0.15) is 12.0 Å². The molecule has 0 aliphatic heterocycles. The highest BCUT2D eigenvalue weighted by Crippen LogP contribution is 2.18. The Morgan fingerprint density at radius 2 is 2.00 bits per heavy atom. The van der Waals surface area contributed by atoms with Crippen molar-refractivity contribution in [3.63, 3.8) is 0 Å². The molecule has 98 valence electrons. The second-order valence-electron chi connectivity index (χ2n) is 3.43. The maximum Gasteiger partial charge on any atom is 0.471 e. The van der Waals surface area contributed by atoms with Gasteiger partial charge in [0.05, 0.1) is 11.9 Å². The van der Waals surface area contributed by atoms with Crippen LogP contribution in [0.2, 0.25) is 0 Å². The number of hydrogen-bond donors (Lipinski definition) is 2. The molecule has 0 aliphatic carbocycles. The summed E-state index contributed by atoms with van der Waals surface area (Å²) < 4.78 is 35.9. The molecule has 0 fully saturated rings. The van der Waals surface area contributed by atoms with Gasteiger partial charge in [0, 0.05) is 12.6 Å². The minimum atomic E-state index is -4.98. The Hall–Kier alpha value is -2.12. The van der Waals surface area contributed by atoms with Gasteiger partial charge < -0.3 is 10.4 Å². The average molecular weight is 262 g/mol. The molecule has 2 N–H and O–H groups in total. The summed E-state index contributed by atoms with van der Waals surface area (Å²) >= 11 is 0. The number of hydrogen-bond acceptors (Lipinski definition) is 3.